The van der Waals surface area contributed by atoms with Crippen LogP contribution in [-0.4, -0.2) is 36.4 Å². The van der Waals surface area contributed by atoms with E-state index in [0.29, 0.717) is 31.7 Å². The van der Waals surface area contributed by atoms with Crippen LogP contribution in [0.1, 0.15) is 12.8 Å². The van der Waals surface area contributed by atoms with Crippen molar-refractivity contribution in [3.05, 3.63) is 24.3 Å². The van der Waals surface area contributed by atoms with Crippen molar-refractivity contribution >= 4 is 29.2 Å². The third kappa shape index (κ3) is 3.30. The SMILES string of the molecule is CSc1cccc(NC(=O)C2(C(N)=NO)CCOCC2)c1. The number of carbonyl (C=O) groups excluding carboxylic acids is 1. The summed E-state index contributed by atoms with van der Waals surface area (Å²) in [7, 11) is 0. The zero-order valence-electron chi connectivity index (χ0n) is 11.8. The normalized spacial score (nSPS) is 18.2. The Labute approximate surface area is 127 Å². The van der Waals surface area contributed by atoms with Crippen LogP contribution < -0.4 is 11.1 Å². The largest absolute Gasteiger partial charge is 0.409 e. The van der Waals surface area contributed by atoms with E-state index in [1.165, 1.54) is 0 Å². The molecule has 1 heterocycles. The van der Waals surface area contributed by atoms with Gasteiger partial charge in [-0.25, -0.2) is 0 Å². The molecule has 0 aliphatic carbocycles. The molecule has 1 amide bonds. The van der Waals surface area contributed by atoms with Crippen molar-refractivity contribution in [3.8, 4) is 0 Å². The fourth-order valence-corrected chi connectivity index (χ4v) is 2.83. The minimum atomic E-state index is -1.01. The first-order valence-corrected chi connectivity index (χ1v) is 7.86. The number of carbonyl (C=O) groups is 1. The molecule has 114 valence electrons. The lowest BCUT2D eigenvalue weighted by molar-refractivity contribution is -0.126. The molecule has 2 rings (SSSR count). The number of oxime groups is 1. The van der Waals surface area contributed by atoms with Crippen molar-refractivity contribution in [2.45, 2.75) is 17.7 Å². The van der Waals surface area contributed by atoms with Gasteiger partial charge in [0.05, 0.1) is 0 Å². The Morgan fingerprint density at radius 3 is 2.81 bits per heavy atom. The minimum absolute atomic E-state index is 0.0654. The van der Waals surface area contributed by atoms with Crippen LogP contribution >= 0.6 is 11.8 Å². The highest BCUT2D eigenvalue weighted by molar-refractivity contribution is 7.98. The van der Waals surface area contributed by atoms with Gasteiger partial charge in [0.25, 0.3) is 0 Å². The van der Waals surface area contributed by atoms with E-state index >= 15 is 0 Å². The number of amidine groups is 1. The van der Waals surface area contributed by atoms with Crippen molar-refractivity contribution in [2.75, 3.05) is 24.8 Å². The molecule has 6 nitrogen and oxygen atoms in total. The third-order valence-electron chi connectivity index (χ3n) is 3.71. The molecule has 4 N–H and O–H groups in total. The Balaban J connectivity index is 2.22. The number of benzene rings is 1. The zero-order valence-corrected chi connectivity index (χ0v) is 12.7. The number of ether oxygens (including phenoxy) is 1. The summed E-state index contributed by atoms with van der Waals surface area (Å²) in [5.41, 5.74) is 5.46. The van der Waals surface area contributed by atoms with Gasteiger partial charge in [0.2, 0.25) is 5.91 Å². The van der Waals surface area contributed by atoms with Crippen LogP contribution in [0.3, 0.4) is 0 Å². The van der Waals surface area contributed by atoms with E-state index in [2.05, 4.69) is 10.5 Å². The van der Waals surface area contributed by atoms with E-state index in [1.54, 1.807) is 11.8 Å². The number of hydrogen-bond donors (Lipinski definition) is 3. The highest BCUT2D eigenvalue weighted by Gasteiger charge is 2.44. The summed E-state index contributed by atoms with van der Waals surface area (Å²) in [4.78, 5) is 13.7. The first kappa shape index (κ1) is 15.7. The van der Waals surface area contributed by atoms with Gasteiger partial charge in [-0.1, -0.05) is 11.2 Å². The molecule has 1 saturated heterocycles. The molecule has 0 spiro atoms. The second kappa shape index (κ2) is 6.82. The molecule has 0 saturated carbocycles. The summed E-state index contributed by atoms with van der Waals surface area (Å²) >= 11 is 1.60. The van der Waals surface area contributed by atoms with Gasteiger partial charge in [-0.05, 0) is 37.3 Å². The molecule has 1 aromatic rings. The van der Waals surface area contributed by atoms with Crippen LogP contribution in [0.5, 0.6) is 0 Å². The van der Waals surface area contributed by atoms with Gasteiger partial charge in [-0.15, -0.1) is 11.8 Å². The second-order valence-corrected chi connectivity index (χ2v) is 5.75. The standard InChI is InChI=1S/C14H19N3O3S/c1-21-11-4-2-3-10(9-11)16-13(18)14(12(15)17-19)5-7-20-8-6-14/h2-4,9,19H,5-8H2,1H3,(H2,15,17)(H,16,18). The Morgan fingerprint density at radius 1 is 1.48 bits per heavy atom. The Morgan fingerprint density at radius 2 is 2.19 bits per heavy atom. The average Bonchev–Trinajstić information content (AvgIpc) is 2.54. The molecule has 1 fully saturated rings. The van der Waals surface area contributed by atoms with Crippen LogP contribution in [0.4, 0.5) is 5.69 Å². The van der Waals surface area contributed by atoms with Gasteiger partial charge < -0.3 is 21.0 Å². The molecule has 7 heteroatoms. The predicted molar refractivity (Wildman–Crippen MR) is 82.7 cm³/mol. The Bertz CT molecular complexity index is 542. The molecule has 0 unspecified atom stereocenters. The quantitative estimate of drug-likeness (QED) is 0.259. The van der Waals surface area contributed by atoms with Gasteiger partial charge in [0.15, 0.2) is 5.84 Å². The molecule has 1 aliphatic rings. The summed E-state index contributed by atoms with van der Waals surface area (Å²) in [5.74, 6) is -0.330. The van der Waals surface area contributed by atoms with Gasteiger partial charge in [0, 0.05) is 23.8 Å². The van der Waals surface area contributed by atoms with E-state index in [1.807, 2.05) is 30.5 Å². The maximum atomic E-state index is 12.6. The highest BCUT2D eigenvalue weighted by Crippen LogP contribution is 2.32. The van der Waals surface area contributed by atoms with E-state index in [0.717, 1.165) is 4.90 Å². The molecule has 0 atom stereocenters. The van der Waals surface area contributed by atoms with E-state index in [4.69, 9.17) is 15.7 Å². The highest BCUT2D eigenvalue weighted by atomic mass is 32.2. The van der Waals surface area contributed by atoms with E-state index < -0.39 is 5.41 Å². The number of nitrogens with zero attached hydrogens (tertiary/aromatic N) is 1. The first-order valence-electron chi connectivity index (χ1n) is 6.63. The van der Waals surface area contributed by atoms with Gasteiger partial charge in [-0.2, -0.15) is 0 Å². The number of thioether (sulfide) groups is 1. The fraction of sp³-hybridized carbons (Fsp3) is 0.429. The molecule has 1 aromatic carbocycles. The second-order valence-electron chi connectivity index (χ2n) is 4.87. The minimum Gasteiger partial charge on any atom is -0.409 e. The van der Waals surface area contributed by atoms with Crippen molar-refractivity contribution in [1.29, 1.82) is 0 Å². The van der Waals surface area contributed by atoms with Crippen LogP contribution in [-0.2, 0) is 9.53 Å². The van der Waals surface area contributed by atoms with Crippen LogP contribution in [0.25, 0.3) is 0 Å². The molecule has 0 bridgehead atoms. The third-order valence-corrected chi connectivity index (χ3v) is 4.43. The molecule has 21 heavy (non-hydrogen) atoms. The number of nitrogens with two attached hydrogens (primary N) is 1. The number of anilines is 1. The predicted octanol–water partition coefficient (Wildman–Crippen LogP) is 1.89. The Kier molecular flexibility index (Phi) is 5.08. The smallest absolute Gasteiger partial charge is 0.238 e. The number of rotatable bonds is 4. The summed E-state index contributed by atoms with van der Waals surface area (Å²) in [5, 5.41) is 14.9. The fourth-order valence-electron chi connectivity index (χ4n) is 2.37. The molecule has 0 radical (unpaired) electrons. The first-order chi connectivity index (χ1) is 10.1. The number of amides is 1. The summed E-state index contributed by atoms with van der Waals surface area (Å²) in [6.45, 7) is 0.822. The lowest BCUT2D eigenvalue weighted by Crippen LogP contribution is -2.50. The summed E-state index contributed by atoms with van der Waals surface area (Å²) in [6, 6.07) is 7.55. The van der Waals surface area contributed by atoms with Crippen molar-refractivity contribution in [3.63, 3.8) is 0 Å². The van der Waals surface area contributed by atoms with Crippen LogP contribution in [0.2, 0.25) is 0 Å². The monoisotopic (exact) mass is 309 g/mol. The molecular formula is C14H19N3O3S. The van der Waals surface area contributed by atoms with Gasteiger partial charge >= 0.3 is 0 Å². The van der Waals surface area contributed by atoms with Gasteiger partial charge in [-0.3, -0.25) is 4.79 Å². The Hall–Kier alpha value is -1.73. The van der Waals surface area contributed by atoms with Gasteiger partial charge in [0.1, 0.15) is 5.41 Å². The van der Waals surface area contributed by atoms with Crippen molar-refractivity contribution < 1.29 is 14.7 Å². The number of hydrogen-bond acceptors (Lipinski definition) is 5. The van der Waals surface area contributed by atoms with Crippen LogP contribution in [0, 0.1) is 5.41 Å². The topological polar surface area (TPSA) is 96.9 Å². The van der Waals surface area contributed by atoms with E-state index in [9.17, 15) is 4.79 Å². The molecular weight excluding hydrogens is 290 g/mol. The lowest BCUT2D eigenvalue weighted by Gasteiger charge is -2.34. The summed E-state index contributed by atoms with van der Waals surface area (Å²) < 4.78 is 5.28. The lowest BCUT2D eigenvalue weighted by atomic mass is 9.78. The zero-order chi connectivity index (χ0) is 15.3. The molecule has 1 aliphatic heterocycles. The van der Waals surface area contributed by atoms with Crippen LogP contribution in [0.15, 0.2) is 34.3 Å². The average molecular weight is 309 g/mol. The van der Waals surface area contributed by atoms with Crippen molar-refractivity contribution in [2.24, 2.45) is 16.3 Å². The maximum Gasteiger partial charge on any atom is 0.238 e. The summed E-state index contributed by atoms with van der Waals surface area (Å²) in [6.07, 6.45) is 2.77. The number of nitrogens with one attached hydrogen (secondary N) is 1. The molecule has 0 aromatic heterocycles. The maximum absolute atomic E-state index is 12.6. The van der Waals surface area contributed by atoms with E-state index in [-0.39, 0.29) is 11.7 Å². The van der Waals surface area contributed by atoms with Crippen molar-refractivity contribution in [1.82, 2.24) is 0 Å².